The minimum absolute atomic E-state index is 0.133. The zero-order valence-corrected chi connectivity index (χ0v) is 5.80. The van der Waals surface area contributed by atoms with Gasteiger partial charge in [-0.05, 0) is 6.42 Å². The lowest BCUT2D eigenvalue weighted by Crippen LogP contribution is -2.12. The molecule has 5 heteroatoms. The number of aliphatic carboxylic acids is 1. The second kappa shape index (κ2) is 3.41. The Labute approximate surface area is 52.7 Å². The lowest BCUT2D eigenvalue weighted by atomic mass is 10.3. The van der Waals surface area contributed by atoms with E-state index < -0.39 is 19.3 Å². The Morgan fingerprint density at radius 1 is 1.67 bits per heavy atom. The zero-order valence-electron chi connectivity index (χ0n) is 4.90. The fraction of sp³-hybridized carbons (Fsp3) is 0.750. The summed E-state index contributed by atoms with van der Waals surface area (Å²) in [6, 6.07) is 0. The number of hydrogen-bond donors (Lipinski definition) is 1. The molecule has 0 radical (unpaired) electrons. The summed E-state index contributed by atoms with van der Waals surface area (Å²) in [5, 5.41) is 8.16. The van der Waals surface area contributed by atoms with Crippen LogP contribution in [0.3, 0.4) is 0 Å². The molecule has 0 saturated carbocycles. The molecule has 1 atom stereocenters. The van der Waals surface area contributed by atoms with Gasteiger partial charge in [0.2, 0.25) is 0 Å². The van der Waals surface area contributed by atoms with E-state index >= 15 is 0 Å². The molecule has 0 bridgehead atoms. The molecule has 0 heterocycles. The molecule has 0 aliphatic rings. The van der Waals surface area contributed by atoms with Crippen molar-refractivity contribution in [3.63, 3.8) is 0 Å². The van der Waals surface area contributed by atoms with Crippen molar-refractivity contribution >= 4 is 13.6 Å². The highest BCUT2D eigenvalue weighted by Gasteiger charge is 2.20. The molecule has 0 amide bonds. The molecule has 9 heavy (non-hydrogen) atoms. The SMILES string of the molecule is CCC(C(=O)O)P(=O)=O. The van der Waals surface area contributed by atoms with Crippen LogP contribution >= 0.6 is 7.68 Å². The van der Waals surface area contributed by atoms with E-state index in [0.29, 0.717) is 0 Å². The summed E-state index contributed by atoms with van der Waals surface area (Å²) in [7, 11) is -2.80. The molecule has 0 rings (SSSR count). The third-order valence-electron chi connectivity index (χ3n) is 0.926. The molecule has 0 aromatic heterocycles. The molecule has 0 aliphatic carbocycles. The second-order valence-electron chi connectivity index (χ2n) is 1.55. The Hall–Kier alpha value is -0.630. The Kier molecular flexibility index (Phi) is 3.17. The van der Waals surface area contributed by atoms with Gasteiger partial charge in [0.1, 0.15) is 0 Å². The van der Waals surface area contributed by atoms with Crippen LogP contribution in [0.4, 0.5) is 0 Å². The average Bonchev–Trinajstić information content (AvgIpc) is 1.64. The van der Waals surface area contributed by atoms with Crippen LogP contribution < -0.4 is 0 Å². The van der Waals surface area contributed by atoms with Crippen LogP contribution in [0, 0.1) is 0 Å². The van der Waals surface area contributed by atoms with Crippen molar-refractivity contribution in [2.45, 2.75) is 19.0 Å². The molecular formula is C4H7O4P. The van der Waals surface area contributed by atoms with Gasteiger partial charge in [-0.25, -0.2) is 9.13 Å². The van der Waals surface area contributed by atoms with E-state index in [-0.39, 0.29) is 6.42 Å². The first-order valence-corrected chi connectivity index (χ1v) is 3.70. The van der Waals surface area contributed by atoms with E-state index in [2.05, 4.69) is 0 Å². The summed E-state index contributed by atoms with van der Waals surface area (Å²) in [5.74, 6) is -1.27. The topological polar surface area (TPSA) is 71.4 Å². The molecule has 4 nitrogen and oxygen atoms in total. The van der Waals surface area contributed by atoms with Crippen molar-refractivity contribution in [2.24, 2.45) is 0 Å². The largest absolute Gasteiger partial charge is 0.480 e. The van der Waals surface area contributed by atoms with Gasteiger partial charge in [-0.3, -0.25) is 4.79 Å². The van der Waals surface area contributed by atoms with Gasteiger partial charge >= 0.3 is 13.6 Å². The molecule has 0 aromatic rings. The van der Waals surface area contributed by atoms with Crippen LogP contribution in [-0.2, 0) is 13.9 Å². The molecule has 0 saturated heterocycles. The molecule has 52 valence electrons. The van der Waals surface area contributed by atoms with Gasteiger partial charge < -0.3 is 5.11 Å². The van der Waals surface area contributed by atoms with Crippen LogP contribution in [0.5, 0.6) is 0 Å². The summed E-state index contributed by atoms with van der Waals surface area (Å²) in [5.41, 5.74) is -1.21. The summed E-state index contributed by atoms with van der Waals surface area (Å²) < 4.78 is 20.1. The van der Waals surface area contributed by atoms with Crippen molar-refractivity contribution in [1.82, 2.24) is 0 Å². The quantitative estimate of drug-likeness (QED) is 0.609. The molecule has 1 N–H and O–H groups in total. The lowest BCUT2D eigenvalue weighted by molar-refractivity contribution is -0.136. The predicted octanol–water partition coefficient (Wildman–Crippen LogP) is 1.02. The van der Waals surface area contributed by atoms with Gasteiger partial charge in [0, 0.05) is 0 Å². The third-order valence-corrected chi connectivity index (χ3v) is 2.02. The number of carboxylic acid groups (broad SMARTS) is 1. The van der Waals surface area contributed by atoms with Crippen molar-refractivity contribution in [3.8, 4) is 0 Å². The Balaban J connectivity index is 4.16. The number of carboxylic acids is 1. The first-order valence-electron chi connectivity index (χ1n) is 2.46. The lowest BCUT2D eigenvalue weighted by Gasteiger charge is -1.94. The maximum absolute atomic E-state index is 10.0. The highest BCUT2D eigenvalue weighted by Crippen LogP contribution is 2.17. The van der Waals surface area contributed by atoms with Crippen LogP contribution in [0.2, 0.25) is 0 Å². The van der Waals surface area contributed by atoms with Crippen LogP contribution in [0.25, 0.3) is 0 Å². The number of rotatable bonds is 3. The van der Waals surface area contributed by atoms with Gasteiger partial charge in [-0.1, -0.05) is 6.92 Å². The minimum atomic E-state index is -2.80. The Morgan fingerprint density at radius 2 is 2.11 bits per heavy atom. The molecule has 0 spiro atoms. The van der Waals surface area contributed by atoms with Gasteiger partial charge in [-0.15, -0.1) is 0 Å². The second-order valence-corrected chi connectivity index (χ2v) is 2.74. The maximum atomic E-state index is 10.0. The van der Waals surface area contributed by atoms with E-state index in [0.717, 1.165) is 0 Å². The first kappa shape index (κ1) is 8.37. The van der Waals surface area contributed by atoms with Crippen LogP contribution in [-0.4, -0.2) is 16.7 Å². The van der Waals surface area contributed by atoms with Crippen molar-refractivity contribution < 1.29 is 19.0 Å². The summed E-state index contributed by atoms with van der Waals surface area (Å²) in [6.07, 6.45) is 0.133. The smallest absolute Gasteiger partial charge is 0.330 e. The predicted molar refractivity (Wildman–Crippen MR) is 30.0 cm³/mol. The highest BCUT2D eigenvalue weighted by atomic mass is 31.1. The molecule has 0 aromatic carbocycles. The Morgan fingerprint density at radius 3 is 2.11 bits per heavy atom. The molecule has 0 aliphatic heterocycles. The minimum Gasteiger partial charge on any atom is -0.480 e. The van der Waals surface area contributed by atoms with Gasteiger partial charge in [0.15, 0.2) is 5.66 Å². The van der Waals surface area contributed by atoms with E-state index in [4.69, 9.17) is 5.11 Å². The first-order chi connectivity index (χ1) is 4.09. The maximum Gasteiger partial charge on any atom is 0.330 e. The monoisotopic (exact) mass is 150 g/mol. The molecular weight excluding hydrogens is 143 g/mol. The highest BCUT2D eigenvalue weighted by molar-refractivity contribution is 7.33. The normalized spacial score (nSPS) is 12.6. The van der Waals surface area contributed by atoms with Crippen LogP contribution in [0.1, 0.15) is 13.3 Å². The molecule has 1 unspecified atom stereocenters. The fourth-order valence-electron chi connectivity index (χ4n) is 0.414. The average molecular weight is 150 g/mol. The van der Waals surface area contributed by atoms with Crippen LogP contribution in [0.15, 0.2) is 0 Å². The summed E-state index contributed by atoms with van der Waals surface area (Å²) in [6.45, 7) is 1.52. The van der Waals surface area contributed by atoms with Gasteiger partial charge in [-0.2, -0.15) is 0 Å². The van der Waals surface area contributed by atoms with Crippen molar-refractivity contribution in [1.29, 1.82) is 0 Å². The standard InChI is InChI=1S/C4H7O4P/c1-2-3(4(5)6)9(7)8/h3H,2H2,1H3,(H,5,6). The summed E-state index contributed by atoms with van der Waals surface area (Å²) >= 11 is 0. The number of carbonyl (C=O) groups is 1. The fourth-order valence-corrected chi connectivity index (χ4v) is 0.892. The summed E-state index contributed by atoms with van der Waals surface area (Å²) in [4.78, 5) is 9.99. The van der Waals surface area contributed by atoms with Gasteiger partial charge in [0.25, 0.3) is 0 Å². The Bertz CT molecular complexity index is 163. The zero-order chi connectivity index (χ0) is 7.44. The number of hydrogen-bond acceptors (Lipinski definition) is 3. The molecule has 0 fully saturated rings. The van der Waals surface area contributed by atoms with E-state index in [9.17, 15) is 13.9 Å². The van der Waals surface area contributed by atoms with Crippen molar-refractivity contribution in [2.75, 3.05) is 0 Å². The van der Waals surface area contributed by atoms with E-state index in [1.54, 1.807) is 0 Å². The third kappa shape index (κ3) is 2.42. The van der Waals surface area contributed by atoms with Crippen molar-refractivity contribution in [3.05, 3.63) is 0 Å². The van der Waals surface area contributed by atoms with Gasteiger partial charge in [0.05, 0.1) is 0 Å². The van der Waals surface area contributed by atoms with E-state index in [1.165, 1.54) is 6.92 Å². The van der Waals surface area contributed by atoms with E-state index in [1.807, 2.05) is 0 Å².